The van der Waals surface area contributed by atoms with E-state index in [1.165, 1.54) is 12.9 Å². The van der Waals surface area contributed by atoms with E-state index in [9.17, 15) is 4.79 Å². The fourth-order valence-corrected chi connectivity index (χ4v) is 3.04. The number of nitrogens with zero attached hydrogens (tertiary/aromatic N) is 1. The van der Waals surface area contributed by atoms with Crippen LogP contribution >= 0.6 is 11.8 Å². The first-order valence-corrected chi connectivity index (χ1v) is 6.54. The number of rotatable bonds is 3. The summed E-state index contributed by atoms with van der Waals surface area (Å²) >= 11 is 2.01. The molecule has 0 aromatic rings. The SMILES string of the molecule is COC(=O)C(C)CN1CCSC(C)C1C. The number of thioether (sulfide) groups is 1. The zero-order valence-electron chi connectivity index (χ0n) is 10.0. The lowest BCUT2D eigenvalue weighted by atomic mass is 10.1. The van der Waals surface area contributed by atoms with Crippen molar-refractivity contribution in [1.82, 2.24) is 4.90 Å². The smallest absolute Gasteiger partial charge is 0.309 e. The fraction of sp³-hybridized carbons (Fsp3) is 0.909. The highest BCUT2D eigenvalue weighted by Gasteiger charge is 2.27. The Hall–Kier alpha value is -0.220. The van der Waals surface area contributed by atoms with Crippen molar-refractivity contribution in [3.05, 3.63) is 0 Å². The van der Waals surface area contributed by atoms with E-state index < -0.39 is 0 Å². The van der Waals surface area contributed by atoms with Crippen LogP contribution in [0.5, 0.6) is 0 Å². The lowest BCUT2D eigenvalue weighted by Crippen LogP contribution is -2.47. The highest BCUT2D eigenvalue weighted by molar-refractivity contribution is 8.00. The first-order valence-electron chi connectivity index (χ1n) is 5.49. The Labute approximate surface area is 96.5 Å². The molecular weight excluding hydrogens is 210 g/mol. The molecule has 88 valence electrons. The molecule has 1 saturated heterocycles. The fourth-order valence-electron chi connectivity index (χ4n) is 1.88. The Balaban J connectivity index is 2.46. The van der Waals surface area contributed by atoms with Crippen LogP contribution in [0.3, 0.4) is 0 Å². The molecule has 3 atom stereocenters. The van der Waals surface area contributed by atoms with E-state index in [0.29, 0.717) is 11.3 Å². The van der Waals surface area contributed by atoms with Crippen molar-refractivity contribution in [3.8, 4) is 0 Å². The van der Waals surface area contributed by atoms with E-state index in [1.54, 1.807) is 0 Å². The van der Waals surface area contributed by atoms with Crippen LogP contribution in [0.25, 0.3) is 0 Å². The van der Waals surface area contributed by atoms with E-state index in [4.69, 9.17) is 4.74 Å². The van der Waals surface area contributed by atoms with Crippen LogP contribution in [-0.4, -0.2) is 48.1 Å². The predicted molar refractivity (Wildman–Crippen MR) is 64.1 cm³/mol. The number of carbonyl (C=O) groups excluding carboxylic acids is 1. The van der Waals surface area contributed by atoms with Crippen molar-refractivity contribution in [2.45, 2.75) is 32.1 Å². The van der Waals surface area contributed by atoms with Gasteiger partial charge in [0.15, 0.2) is 0 Å². The van der Waals surface area contributed by atoms with Crippen molar-refractivity contribution >= 4 is 17.7 Å². The van der Waals surface area contributed by atoms with E-state index in [2.05, 4.69) is 18.7 Å². The van der Waals surface area contributed by atoms with E-state index in [0.717, 1.165) is 13.1 Å². The first-order chi connectivity index (χ1) is 7.06. The van der Waals surface area contributed by atoms with Crippen molar-refractivity contribution in [2.24, 2.45) is 5.92 Å². The quantitative estimate of drug-likeness (QED) is 0.690. The highest BCUT2D eigenvalue weighted by Crippen LogP contribution is 2.24. The third kappa shape index (κ3) is 3.38. The molecule has 0 aromatic carbocycles. The second kappa shape index (κ2) is 5.75. The number of esters is 1. The van der Waals surface area contributed by atoms with Crippen LogP contribution in [0.1, 0.15) is 20.8 Å². The van der Waals surface area contributed by atoms with Gasteiger partial charge in [-0.15, -0.1) is 0 Å². The zero-order valence-corrected chi connectivity index (χ0v) is 10.8. The third-order valence-corrected chi connectivity index (χ3v) is 4.46. The second-order valence-corrected chi connectivity index (χ2v) is 5.72. The van der Waals surface area contributed by atoms with Gasteiger partial charge in [0.25, 0.3) is 0 Å². The Morgan fingerprint density at radius 2 is 2.27 bits per heavy atom. The molecule has 0 radical (unpaired) electrons. The normalized spacial score (nSPS) is 29.9. The molecular formula is C11H21NO2S. The zero-order chi connectivity index (χ0) is 11.4. The minimum atomic E-state index is -0.104. The summed E-state index contributed by atoms with van der Waals surface area (Å²) < 4.78 is 4.74. The van der Waals surface area contributed by atoms with E-state index >= 15 is 0 Å². The average Bonchev–Trinajstić information content (AvgIpc) is 2.23. The predicted octanol–water partition coefficient (Wildman–Crippen LogP) is 1.62. The van der Waals surface area contributed by atoms with Gasteiger partial charge in [0.1, 0.15) is 0 Å². The van der Waals surface area contributed by atoms with Gasteiger partial charge in [-0.2, -0.15) is 11.8 Å². The number of carbonyl (C=O) groups is 1. The Bertz CT molecular complexity index is 223. The minimum Gasteiger partial charge on any atom is -0.469 e. The maximum atomic E-state index is 11.3. The summed E-state index contributed by atoms with van der Waals surface area (Å²) in [6.07, 6.45) is 0. The molecule has 0 aromatic heterocycles. The van der Waals surface area contributed by atoms with Crippen LogP contribution in [-0.2, 0) is 9.53 Å². The maximum absolute atomic E-state index is 11.3. The Morgan fingerprint density at radius 3 is 2.87 bits per heavy atom. The first kappa shape index (κ1) is 12.8. The molecule has 1 aliphatic rings. The van der Waals surface area contributed by atoms with E-state index in [1.807, 2.05) is 18.7 Å². The molecule has 0 bridgehead atoms. The number of hydrogen-bond acceptors (Lipinski definition) is 4. The summed E-state index contributed by atoms with van der Waals surface area (Å²) in [5.41, 5.74) is 0. The number of ether oxygens (including phenoxy) is 1. The van der Waals surface area contributed by atoms with Crippen LogP contribution in [0.2, 0.25) is 0 Å². The Morgan fingerprint density at radius 1 is 1.60 bits per heavy atom. The number of hydrogen-bond donors (Lipinski definition) is 0. The van der Waals surface area contributed by atoms with Gasteiger partial charge in [-0.1, -0.05) is 13.8 Å². The Kier molecular flexibility index (Phi) is 4.93. The van der Waals surface area contributed by atoms with Gasteiger partial charge in [0, 0.05) is 30.1 Å². The molecule has 3 nitrogen and oxygen atoms in total. The van der Waals surface area contributed by atoms with Gasteiger partial charge in [-0.3, -0.25) is 9.69 Å². The molecule has 1 aliphatic heterocycles. The summed E-state index contributed by atoms with van der Waals surface area (Å²) in [6.45, 7) is 8.33. The van der Waals surface area contributed by atoms with Crippen LogP contribution in [0.15, 0.2) is 0 Å². The van der Waals surface area contributed by atoms with Gasteiger partial charge in [0.2, 0.25) is 0 Å². The van der Waals surface area contributed by atoms with Gasteiger partial charge in [-0.25, -0.2) is 0 Å². The third-order valence-electron chi connectivity index (χ3n) is 3.13. The van der Waals surface area contributed by atoms with Crippen LogP contribution in [0.4, 0.5) is 0 Å². The second-order valence-electron chi connectivity index (χ2n) is 4.24. The lowest BCUT2D eigenvalue weighted by Gasteiger charge is -2.38. The molecule has 15 heavy (non-hydrogen) atoms. The van der Waals surface area contributed by atoms with Crippen LogP contribution in [0, 0.1) is 5.92 Å². The van der Waals surface area contributed by atoms with Gasteiger partial charge in [-0.05, 0) is 6.92 Å². The maximum Gasteiger partial charge on any atom is 0.309 e. The average molecular weight is 231 g/mol. The molecule has 0 spiro atoms. The van der Waals surface area contributed by atoms with Gasteiger partial charge in [0.05, 0.1) is 13.0 Å². The molecule has 0 saturated carbocycles. The number of methoxy groups -OCH3 is 1. The standard InChI is InChI=1S/C11H21NO2S/c1-8(11(13)14-4)7-12-5-6-15-10(3)9(12)2/h8-10H,5-7H2,1-4H3. The van der Waals surface area contributed by atoms with Crippen molar-refractivity contribution in [1.29, 1.82) is 0 Å². The minimum absolute atomic E-state index is 0.0206. The molecule has 1 rings (SSSR count). The summed E-state index contributed by atoms with van der Waals surface area (Å²) in [4.78, 5) is 13.7. The lowest BCUT2D eigenvalue weighted by molar-refractivity contribution is -0.145. The summed E-state index contributed by atoms with van der Waals surface area (Å²) in [7, 11) is 1.46. The van der Waals surface area contributed by atoms with Crippen molar-refractivity contribution < 1.29 is 9.53 Å². The molecule has 0 amide bonds. The molecule has 4 heteroatoms. The van der Waals surface area contributed by atoms with Crippen molar-refractivity contribution in [2.75, 3.05) is 26.0 Å². The monoisotopic (exact) mass is 231 g/mol. The van der Waals surface area contributed by atoms with Crippen LogP contribution < -0.4 is 0 Å². The molecule has 0 aliphatic carbocycles. The highest BCUT2D eigenvalue weighted by atomic mass is 32.2. The van der Waals surface area contributed by atoms with Gasteiger partial charge >= 0.3 is 5.97 Å². The molecule has 1 fully saturated rings. The van der Waals surface area contributed by atoms with Crippen molar-refractivity contribution in [3.63, 3.8) is 0 Å². The topological polar surface area (TPSA) is 29.5 Å². The van der Waals surface area contributed by atoms with Gasteiger partial charge < -0.3 is 4.74 Å². The summed E-state index contributed by atoms with van der Waals surface area (Å²) in [6, 6.07) is 0.552. The molecule has 0 N–H and O–H groups in total. The summed E-state index contributed by atoms with van der Waals surface area (Å²) in [5.74, 6) is 1.04. The molecule has 3 unspecified atom stereocenters. The molecule has 1 heterocycles. The van der Waals surface area contributed by atoms with E-state index in [-0.39, 0.29) is 11.9 Å². The largest absolute Gasteiger partial charge is 0.469 e. The summed E-state index contributed by atoms with van der Waals surface area (Å²) in [5, 5.41) is 0.656.